The van der Waals surface area contributed by atoms with Crippen LogP contribution in [-0.4, -0.2) is 18.0 Å². The van der Waals surface area contributed by atoms with Crippen molar-refractivity contribution in [3.05, 3.63) is 29.8 Å². The molecule has 2 atom stereocenters. The van der Waals surface area contributed by atoms with Crippen molar-refractivity contribution in [1.82, 2.24) is 5.32 Å². The normalized spacial score (nSPS) is 14.7. The maximum Gasteiger partial charge on any atom is 0.418 e. The molecule has 0 aliphatic rings. The van der Waals surface area contributed by atoms with Crippen LogP contribution in [0, 0.1) is 5.92 Å². The number of benzene rings is 1. The fourth-order valence-corrected chi connectivity index (χ4v) is 2.02. The molecule has 0 aliphatic heterocycles. The number of anilines is 1. The summed E-state index contributed by atoms with van der Waals surface area (Å²) in [4.78, 5) is 11.9. The van der Waals surface area contributed by atoms with Crippen LogP contribution in [0.3, 0.4) is 0 Å². The molecule has 1 amide bonds. The Morgan fingerprint density at radius 3 is 2.27 bits per heavy atom. The molecule has 0 aliphatic carbocycles. The Hall–Kier alpha value is -1.56. The lowest BCUT2D eigenvalue weighted by Gasteiger charge is -2.22. The molecule has 3 nitrogen and oxygen atoms in total. The third-order valence-electron chi connectivity index (χ3n) is 3.55. The van der Waals surface area contributed by atoms with Gasteiger partial charge in [0.15, 0.2) is 0 Å². The van der Waals surface area contributed by atoms with Crippen molar-refractivity contribution >= 4 is 11.6 Å². The van der Waals surface area contributed by atoms with Crippen LogP contribution in [0.1, 0.15) is 39.7 Å². The van der Waals surface area contributed by atoms with Gasteiger partial charge in [-0.2, -0.15) is 13.2 Å². The van der Waals surface area contributed by atoms with Crippen LogP contribution in [0.4, 0.5) is 18.9 Å². The number of nitrogens with one attached hydrogen (secondary N) is 2. The average Bonchev–Trinajstić information content (AvgIpc) is 2.37. The van der Waals surface area contributed by atoms with Gasteiger partial charge in [0.05, 0.1) is 11.3 Å². The molecule has 124 valence electrons. The molecule has 1 aromatic rings. The quantitative estimate of drug-likeness (QED) is 0.831. The number of hydrogen-bond acceptors (Lipinski definition) is 2. The SMILES string of the molecule is CC(CC(=O)Nc1ccccc1C(F)(F)F)NC(C)C(C)C. The maximum atomic E-state index is 12.9. The maximum absolute atomic E-state index is 12.9. The van der Waals surface area contributed by atoms with Gasteiger partial charge in [-0.3, -0.25) is 4.79 Å². The Kier molecular flexibility index (Phi) is 6.41. The second-order valence-corrected chi connectivity index (χ2v) is 5.90. The Morgan fingerprint density at radius 2 is 1.73 bits per heavy atom. The van der Waals surface area contributed by atoms with Crippen LogP contribution < -0.4 is 10.6 Å². The Labute approximate surface area is 129 Å². The zero-order valence-electron chi connectivity index (χ0n) is 13.3. The van der Waals surface area contributed by atoms with Crippen LogP contribution >= 0.6 is 0 Å². The fraction of sp³-hybridized carbons (Fsp3) is 0.562. The first-order chi connectivity index (χ1) is 10.1. The second kappa shape index (κ2) is 7.63. The van der Waals surface area contributed by atoms with Crippen molar-refractivity contribution in [1.29, 1.82) is 0 Å². The largest absolute Gasteiger partial charge is 0.418 e. The van der Waals surface area contributed by atoms with Crippen molar-refractivity contribution in [2.75, 3.05) is 5.32 Å². The van der Waals surface area contributed by atoms with Crippen LogP contribution in [-0.2, 0) is 11.0 Å². The van der Waals surface area contributed by atoms with Crippen LogP contribution in [0.15, 0.2) is 24.3 Å². The lowest BCUT2D eigenvalue weighted by molar-refractivity contribution is -0.137. The summed E-state index contributed by atoms with van der Waals surface area (Å²) in [6, 6.07) is 5.09. The molecule has 0 spiro atoms. The highest BCUT2D eigenvalue weighted by Gasteiger charge is 2.33. The molecule has 0 fully saturated rings. The van der Waals surface area contributed by atoms with Crippen LogP contribution in [0.5, 0.6) is 0 Å². The molecular formula is C16H23F3N2O. The summed E-state index contributed by atoms with van der Waals surface area (Å²) in [7, 11) is 0. The molecule has 1 rings (SSSR count). The molecule has 22 heavy (non-hydrogen) atoms. The third kappa shape index (κ3) is 5.67. The smallest absolute Gasteiger partial charge is 0.325 e. The van der Waals surface area contributed by atoms with Crippen molar-refractivity contribution in [3.63, 3.8) is 0 Å². The van der Waals surface area contributed by atoms with Gasteiger partial charge in [-0.1, -0.05) is 26.0 Å². The highest BCUT2D eigenvalue weighted by atomic mass is 19.4. The van der Waals surface area contributed by atoms with E-state index in [0.29, 0.717) is 5.92 Å². The topological polar surface area (TPSA) is 41.1 Å². The molecule has 0 saturated heterocycles. The van der Waals surface area contributed by atoms with E-state index in [0.717, 1.165) is 6.07 Å². The molecule has 1 aromatic carbocycles. The predicted molar refractivity (Wildman–Crippen MR) is 81.6 cm³/mol. The number of amides is 1. The molecule has 2 unspecified atom stereocenters. The van der Waals surface area contributed by atoms with Crippen LogP contribution in [0.2, 0.25) is 0 Å². The number of halogens is 3. The van der Waals surface area contributed by atoms with Gasteiger partial charge in [0.1, 0.15) is 0 Å². The summed E-state index contributed by atoms with van der Waals surface area (Å²) in [5.74, 6) is -0.0240. The van der Waals surface area contributed by atoms with Crippen molar-refractivity contribution in [3.8, 4) is 0 Å². The van der Waals surface area contributed by atoms with E-state index in [1.54, 1.807) is 0 Å². The second-order valence-electron chi connectivity index (χ2n) is 5.90. The zero-order valence-corrected chi connectivity index (χ0v) is 13.3. The highest BCUT2D eigenvalue weighted by molar-refractivity contribution is 5.92. The molecule has 0 aromatic heterocycles. The highest BCUT2D eigenvalue weighted by Crippen LogP contribution is 2.34. The molecule has 6 heteroatoms. The van der Waals surface area contributed by atoms with Gasteiger partial charge in [-0.05, 0) is 31.9 Å². The summed E-state index contributed by atoms with van der Waals surface area (Å²) in [6.07, 6.45) is -4.37. The third-order valence-corrected chi connectivity index (χ3v) is 3.55. The average molecular weight is 316 g/mol. The minimum absolute atomic E-state index is 0.114. The van der Waals surface area contributed by atoms with Crippen molar-refractivity contribution in [2.24, 2.45) is 5.92 Å². The van der Waals surface area contributed by atoms with E-state index in [4.69, 9.17) is 0 Å². The number of para-hydroxylation sites is 1. The van der Waals surface area contributed by atoms with Crippen molar-refractivity contribution < 1.29 is 18.0 Å². The molecule has 0 bridgehead atoms. The minimum Gasteiger partial charge on any atom is -0.325 e. The molecule has 0 radical (unpaired) electrons. The Bertz CT molecular complexity index is 500. The number of hydrogen-bond donors (Lipinski definition) is 2. The lowest BCUT2D eigenvalue weighted by Crippen LogP contribution is -2.39. The lowest BCUT2D eigenvalue weighted by atomic mass is 10.0. The van der Waals surface area contributed by atoms with Gasteiger partial charge in [0.25, 0.3) is 0 Å². The van der Waals surface area contributed by atoms with Gasteiger partial charge in [-0.25, -0.2) is 0 Å². The minimum atomic E-state index is -4.49. The van der Waals surface area contributed by atoms with Crippen LogP contribution in [0.25, 0.3) is 0 Å². The standard InChI is InChI=1S/C16H23F3N2O/c1-10(2)12(4)20-11(3)9-15(22)21-14-8-6-5-7-13(14)16(17,18)19/h5-8,10-12,20H,9H2,1-4H3,(H,21,22). The van der Waals surface area contributed by atoms with Crippen molar-refractivity contribution in [2.45, 2.75) is 52.4 Å². The molecule has 0 saturated carbocycles. The number of carbonyl (C=O) groups is 1. The number of rotatable bonds is 6. The monoisotopic (exact) mass is 316 g/mol. The van der Waals surface area contributed by atoms with E-state index in [-0.39, 0.29) is 24.2 Å². The zero-order chi connectivity index (χ0) is 16.9. The predicted octanol–water partition coefficient (Wildman–Crippen LogP) is 4.06. The molecular weight excluding hydrogens is 293 g/mol. The first-order valence-corrected chi connectivity index (χ1v) is 7.33. The van der Waals surface area contributed by atoms with Gasteiger partial charge in [0, 0.05) is 18.5 Å². The first-order valence-electron chi connectivity index (χ1n) is 7.33. The van der Waals surface area contributed by atoms with Gasteiger partial charge >= 0.3 is 6.18 Å². The summed E-state index contributed by atoms with van der Waals surface area (Å²) in [5, 5.41) is 5.61. The summed E-state index contributed by atoms with van der Waals surface area (Å²) >= 11 is 0. The summed E-state index contributed by atoms with van der Waals surface area (Å²) in [5.41, 5.74) is -1.04. The molecule has 0 heterocycles. The molecule has 2 N–H and O–H groups in total. The van der Waals surface area contributed by atoms with E-state index in [1.807, 2.05) is 13.8 Å². The van der Waals surface area contributed by atoms with E-state index >= 15 is 0 Å². The van der Waals surface area contributed by atoms with E-state index in [9.17, 15) is 18.0 Å². The fourth-order valence-electron chi connectivity index (χ4n) is 2.02. The number of alkyl halides is 3. The summed E-state index contributed by atoms with van der Waals surface area (Å²) in [6.45, 7) is 7.97. The van der Waals surface area contributed by atoms with E-state index in [2.05, 4.69) is 24.5 Å². The van der Waals surface area contributed by atoms with E-state index < -0.39 is 17.6 Å². The Morgan fingerprint density at radius 1 is 1.14 bits per heavy atom. The van der Waals surface area contributed by atoms with Gasteiger partial charge in [0.2, 0.25) is 5.91 Å². The first kappa shape index (κ1) is 18.5. The van der Waals surface area contributed by atoms with Gasteiger partial charge in [-0.15, -0.1) is 0 Å². The summed E-state index contributed by atoms with van der Waals surface area (Å²) < 4.78 is 38.6. The van der Waals surface area contributed by atoms with E-state index in [1.165, 1.54) is 18.2 Å². The van der Waals surface area contributed by atoms with Gasteiger partial charge < -0.3 is 10.6 Å². The Balaban J connectivity index is 2.67. The number of carbonyl (C=O) groups excluding carboxylic acids is 1.